The Balaban J connectivity index is 1.67. The van der Waals surface area contributed by atoms with Crippen LogP contribution in [-0.2, 0) is 6.54 Å². The Kier molecular flexibility index (Phi) is 5.01. The van der Waals surface area contributed by atoms with Crippen molar-refractivity contribution in [3.63, 3.8) is 0 Å². The molecule has 28 heavy (non-hydrogen) atoms. The van der Waals surface area contributed by atoms with Crippen LogP contribution >= 0.6 is 0 Å². The summed E-state index contributed by atoms with van der Waals surface area (Å²) in [6, 6.07) is 19.8. The minimum atomic E-state index is 0.588. The van der Waals surface area contributed by atoms with Gasteiger partial charge in [-0.05, 0) is 35.9 Å². The molecule has 4 rings (SSSR count). The van der Waals surface area contributed by atoms with Gasteiger partial charge < -0.3 is 14.8 Å². The molecule has 0 radical (unpaired) electrons. The fraction of sp³-hybridized carbons (Fsp3) is 0.136. The summed E-state index contributed by atoms with van der Waals surface area (Å²) in [4.78, 5) is 4.13. The molecule has 6 heteroatoms. The SMILES string of the molecule is COc1ccc(-c2nnc(NCc3ccnc(OC)c3)c3ccccc23)cc1. The summed E-state index contributed by atoms with van der Waals surface area (Å²) in [5.41, 5.74) is 2.89. The van der Waals surface area contributed by atoms with Crippen LogP contribution in [0.25, 0.3) is 22.0 Å². The summed E-state index contributed by atoms with van der Waals surface area (Å²) in [6.07, 6.45) is 1.73. The highest BCUT2D eigenvalue weighted by molar-refractivity contribution is 6.00. The van der Waals surface area contributed by atoms with E-state index in [1.54, 1.807) is 20.4 Å². The third-order valence-corrected chi connectivity index (χ3v) is 4.52. The van der Waals surface area contributed by atoms with Crippen molar-refractivity contribution in [2.45, 2.75) is 6.54 Å². The molecule has 2 aromatic heterocycles. The van der Waals surface area contributed by atoms with Crippen molar-refractivity contribution < 1.29 is 9.47 Å². The van der Waals surface area contributed by atoms with E-state index in [-0.39, 0.29) is 0 Å². The maximum Gasteiger partial charge on any atom is 0.213 e. The van der Waals surface area contributed by atoms with Crippen molar-refractivity contribution in [3.8, 4) is 22.9 Å². The fourth-order valence-electron chi connectivity index (χ4n) is 3.05. The minimum absolute atomic E-state index is 0.588. The molecule has 2 heterocycles. The molecular formula is C22H20N4O2. The maximum atomic E-state index is 5.24. The van der Waals surface area contributed by atoms with Crippen LogP contribution in [0.4, 0.5) is 5.82 Å². The third-order valence-electron chi connectivity index (χ3n) is 4.52. The molecule has 0 saturated heterocycles. The Hall–Kier alpha value is -3.67. The summed E-state index contributed by atoms with van der Waals surface area (Å²) >= 11 is 0. The van der Waals surface area contributed by atoms with Gasteiger partial charge in [-0.25, -0.2) is 4.98 Å². The van der Waals surface area contributed by atoms with E-state index in [1.807, 2.05) is 54.6 Å². The van der Waals surface area contributed by atoms with E-state index in [1.165, 1.54) is 0 Å². The van der Waals surface area contributed by atoms with Crippen LogP contribution < -0.4 is 14.8 Å². The number of nitrogens with zero attached hydrogens (tertiary/aromatic N) is 3. The Bertz CT molecular complexity index is 1100. The predicted molar refractivity (Wildman–Crippen MR) is 110 cm³/mol. The highest BCUT2D eigenvalue weighted by atomic mass is 16.5. The van der Waals surface area contributed by atoms with Gasteiger partial charge >= 0.3 is 0 Å². The fourth-order valence-corrected chi connectivity index (χ4v) is 3.05. The zero-order chi connectivity index (χ0) is 19.3. The van der Waals surface area contributed by atoms with Gasteiger partial charge in [0.1, 0.15) is 11.4 Å². The Morgan fingerprint density at radius 1 is 0.857 bits per heavy atom. The summed E-state index contributed by atoms with van der Waals surface area (Å²) in [5.74, 6) is 2.14. The van der Waals surface area contributed by atoms with Gasteiger partial charge in [-0.2, -0.15) is 0 Å². The van der Waals surface area contributed by atoms with Crippen molar-refractivity contribution >= 4 is 16.6 Å². The number of pyridine rings is 1. The molecular weight excluding hydrogens is 352 g/mol. The molecule has 0 amide bonds. The molecule has 0 atom stereocenters. The molecule has 0 fully saturated rings. The van der Waals surface area contributed by atoms with E-state index >= 15 is 0 Å². The number of rotatable bonds is 6. The summed E-state index contributed by atoms with van der Waals surface area (Å²) in [6.45, 7) is 0.597. The van der Waals surface area contributed by atoms with Gasteiger partial charge in [0.05, 0.1) is 14.2 Å². The average Bonchev–Trinajstić information content (AvgIpc) is 2.77. The summed E-state index contributed by atoms with van der Waals surface area (Å²) in [5, 5.41) is 14.4. The molecule has 0 aliphatic rings. The quantitative estimate of drug-likeness (QED) is 0.544. The Morgan fingerprint density at radius 3 is 2.39 bits per heavy atom. The highest BCUT2D eigenvalue weighted by Gasteiger charge is 2.11. The zero-order valence-corrected chi connectivity index (χ0v) is 15.7. The molecule has 4 aromatic rings. The molecule has 0 aliphatic carbocycles. The number of methoxy groups -OCH3 is 2. The van der Waals surface area contributed by atoms with Crippen molar-refractivity contribution in [1.29, 1.82) is 0 Å². The third kappa shape index (κ3) is 3.57. The van der Waals surface area contributed by atoms with Crippen molar-refractivity contribution in [2.24, 2.45) is 0 Å². The second-order valence-electron chi connectivity index (χ2n) is 6.23. The lowest BCUT2D eigenvalue weighted by molar-refractivity contribution is 0.397. The number of hydrogen-bond acceptors (Lipinski definition) is 6. The standard InChI is InChI=1S/C22H20N4O2/c1-27-17-9-7-16(8-10-17)21-18-5-3-4-6-19(18)22(26-25-21)24-14-15-11-12-23-20(13-15)28-2/h3-13H,14H2,1-2H3,(H,24,26). The van der Waals surface area contributed by atoms with Gasteiger partial charge in [0, 0.05) is 35.1 Å². The second-order valence-corrected chi connectivity index (χ2v) is 6.23. The summed E-state index contributed by atoms with van der Waals surface area (Å²) < 4.78 is 10.4. The molecule has 0 aliphatic heterocycles. The number of anilines is 1. The number of ether oxygens (including phenoxy) is 2. The van der Waals surface area contributed by atoms with E-state index < -0.39 is 0 Å². The van der Waals surface area contributed by atoms with E-state index in [4.69, 9.17) is 9.47 Å². The van der Waals surface area contributed by atoms with Crippen LogP contribution in [0.1, 0.15) is 5.56 Å². The first-order valence-electron chi connectivity index (χ1n) is 8.91. The predicted octanol–water partition coefficient (Wildman–Crippen LogP) is 4.32. The molecule has 0 spiro atoms. The van der Waals surface area contributed by atoms with E-state index in [0.29, 0.717) is 12.4 Å². The topological polar surface area (TPSA) is 69.2 Å². The second kappa shape index (κ2) is 7.92. The van der Waals surface area contributed by atoms with E-state index in [9.17, 15) is 0 Å². The molecule has 0 saturated carbocycles. The van der Waals surface area contributed by atoms with Gasteiger partial charge in [0.2, 0.25) is 5.88 Å². The van der Waals surface area contributed by atoms with Crippen LogP contribution in [0.15, 0.2) is 66.9 Å². The van der Waals surface area contributed by atoms with Crippen molar-refractivity contribution in [2.75, 3.05) is 19.5 Å². The van der Waals surface area contributed by atoms with Crippen molar-refractivity contribution in [3.05, 3.63) is 72.4 Å². The number of nitrogens with one attached hydrogen (secondary N) is 1. The van der Waals surface area contributed by atoms with Gasteiger partial charge in [-0.15, -0.1) is 10.2 Å². The zero-order valence-electron chi connectivity index (χ0n) is 15.7. The Labute approximate surface area is 163 Å². The normalized spacial score (nSPS) is 10.6. The number of fused-ring (bicyclic) bond motifs is 1. The van der Waals surface area contributed by atoms with Crippen LogP contribution in [0.2, 0.25) is 0 Å². The van der Waals surface area contributed by atoms with E-state index in [2.05, 4.69) is 26.6 Å². The van der Waals surface area contributed by atoms with Gasteiger partial charge in [-0.3, -0.25) is 0 Å². The average molecular weight is 372 g/mol. The van der Waals surface area contributed by atoms with Crippen LogP contribution in [0.3, 0.4) is 0 Å². The largest absolute Gasteiger partial charge is 0.497 e. The van der Waals surface area contributed by atoms with E-state index in [0.717, 1.165) is 39.2 Å². The highest BCUT2D eigenvalue weighted by Crippen LogP contribution is 2.30. The lowest BCUT2D eigenvalue weighted by Crippen LogP contribution is -2.04. The summed E-state index contributed by atoms with van der Waals surface area (Å²) in [7, 11) is 3.26. The first-order valence-corrected chi connectivity index (χ1v) is 8.91. The Morgan fingerprint density at radius 2 is 1.64 bits per heavy atom. The molecule has 2 aromatic carbocycles. The van der Waals surface area contributed by atoms with Crippen LogP contribution in [-0.4, -0.2) is 29.4 Å². The first-order chi connectivity index (χ1) is 13.8. The smallest absolute Gasteiger partial charge is 0.213 e. The van der Waals surface area contributed by atoms with Crippen LogP contribution in [0, 0.1) is 0 Å². The number of benzene rings is 2. The van der Waals surface area contributed by atoms with Crippen molar-refractivity contribution in [1.82, 2.24) is 15.2 Å². The number of hydrogen-bond donors (Lipinski definition) is 1. The first kappa shape index (κ1) is 17.7. The number of aromatic nitrogens is 3. The molecule has 140 valence electrons. The molecule has 6 nitrogen and oxygen atoms in total. The van der Waals surface area contributed by atoms with Gasteiger partial charge in [0.15, 0.2) is 5.82 Å². The lowest BCUT2D eigenvalue weighted by atomic mass is 10.0. The molecule has 1 N–H and O–H groups in total. The monoisotopic (exact) mass is 372 g/mol. The molecule has 0 bridgehead atoms. The maximum absolute atomic E-state index is 5.24. The van der Waals surface area contributed by atoms with Gasteiger partial charge in [-0.1, -0.05) is 24.3 Å². The molecule has 0 unspecified atom stereocenters. The van der Waals surface area contributed by atoms with Crippen LogP contribution in [0.5, 0.6) is 11.6 Å². The van der Waals surface area contributed by atoms with Gasteiger partial charge in [0.25, 0.3) is 0 Å². The minimum Gasteiger partial charge on any atom is -0.497 e. The lowest BCUT2D eigenvalue weighted by Gasteiger charge is -2.12.